The van der Waals surface area contributed by atoms with Crippen LogP contribution in [0.1, 0.15) is 0 Å². The number of hydrogen-bond donors (Lipinski definition) is 1. The number of nitrogens with zero attached hydrogens (tertiary/aromatic N) is 3. The van der Waals surface area contributed by atoms with Gasteiger partial charge >= 0.3 is 0 Å². The van der Waals surface area contributed by atoms with E-state index in [4.69, 9.17) is 0 Å². The summed E-state index contributed by atoms with van der Waals surface area (Å²) in [6, 6.07) is 17.7. The molecule has 0 spiro atoms. The molecule has 5 rings (SSSR count). The highest BCUT2D eigenvalue weighted by molar-refractivity contribution is 7.13. The minimum Gasteiger partial charge on any atom is -0.321 e. The molecule has 2 aromatic carbocycles. The lowest BCUT2D eigenvalue weighted by Gasteiger charge is -2.01. The minimum atomic E-state index is -0.128. The average Bonchev–Trinajstić information content (AvgIpc) is 3.40. The number of pyridine rings is 1. The number of aromatic nitrogens is 4. The van der Waals surface area contributed by atoms with E-state index in [0.717, 1.165) is 32.7 Å². The Balaban J connectivity index is 1.51. The Morgan fingerprint density at radius 1 is 0.889 bits per heavy atom. The van der Waals surface area contributed by atoms with Crippen LogP contribution < -0.4 is 5.56 Å². The normalized spacial score (nSPS) is 11.1. The van der Waals surface area contributed by atoms with Crippen molar-refractivity contribution in [1.29, 1.82) is 0 Å². The molecule has 5 aromatic rings. The number of hydrogen-bond acceptors (Lipinski definition) is 6. The van der Waals surface area contributed by atoms with Gasteiger partial charge < -0.3 is 4.98 Å². The molecule has 3 aromatic heterocycles. The maximum absolute atomic E-state index is 12.5. The van der Waals surface area contributed by atoms with Crippen LogP contribution in [-0.4, -0.2) is 19.6 Å². The van der Waals surface area contributed by atoms with E-state index in [1.807, 2.05) is 65.4 Å². The fourth-order valence-corrected chi connectivity index (χ4v) is 4.23. The summed E-state index contributed by atoms with van der Waals surface area (Å²) in [4.78, 5) is 20.1. The standard InChI is InChI=1S/C20H12N4OS2/c25-19-15(9-14-3-1-2-4-16(14)21-19)18-10-26-20(22-18)13-7-5-12(6-8-13)17-11-27-24-23-17/h1-11H,(H,21,25). The van der Waals surface area contributed by atoms with E-state index in [2.05, 4.69) is 19.6 Å². The number of nitrogens with one attached hydrogen (secondary N) is 1. The average molecular weight is 388 g/mol. The summed E-state index contributed by atoms with van der Waals surface area (Å²) in [5.41, 5.74) is 4.88. The fourth-order valence-electron chi connectivity index (χ4n) is 2.94. The summed E-state index contributed by atoms with van der Waals surface area (Å²) >= 11 is 2.86. The molecule has 0 radical (unpaired) electrons. The van der Waals surface area contributed by atoms with Crippen molar-refractivity contribution in [1.82, 2.24) is 19.6 Å². The van der Waals surface area contributed by atoms with Crippen molar-refractivity contribution in [2.45, 2.75) is 0 Å². The minimum absolute atomic E-state index is 0.128. The predicted molar refractivity (Wildman–Crippen MR) is 110 cm³/mol. The fraction of sp³-hybridized carbons (Fsp3) is 0. The maximum Gasteiger partial charge on any atom is 0.257 e. The number of fused-ring (bicyclic) bond motifs is 1. The van der Waals surface area contributed by atoms with Gasteiger partial charge in [0.1, 0.15) is 10.7 Å². The topological polar surface area (TPSA) is 71.5 Å². The molecular weight excluding hydrogens is 376 g/mol. The zero-order valence-electron chi connectivity index (χ0n) is 13.9. The Kier molecular flexibility index (Phi) is 3.88. The Morgan fingerprint density at radius 3 is 2.52 bits per heavy atom. The Bertz CT molecular complexity index is 1290. The highest BCUT2D eigenvalue weighted by Crippen LogP contribution is 2.30. The largest absolute Gasteiger partial charge is 0.321 e. The first-order chi connectivity index (χ1) is 13.3. The molecule has 0 aliphatic heterocycles. The Morgan fingerprint density at radius 2 is 1.70 bits per heavy atom. The van der Waals surface area contributed by atoms with E-state index in [1.165, 1.54) is 22.9 Å². The van der Waals surface area contributed by atoms with Gasteiger partial charge in [0.05, 0.1) is 11.3 Å². The molecule has 130 valence electrons. The van der Waals surface area contributed by atoms with E-state index < -0.39 is 0 Å². The van der Waals surface area contributed by atoms with Crippen molar-refractivity contribution >= 4 is 33.8 Å². The third kappa shape index (κ3) is 2.97. The van der Waals surface area contributed by atoms with Crippen LogP contribution in [0.5, 0.6) is 0 Å². The van der Waals surface area contributed by atoms with Crippen LogP contribution in [-0.2, 0) is 0 Å². The van der Waals surface area contributed by atoms with E-state index in [9.17, 15) is 4.79 Å². The molecule has 5 nitrogen and oxygen atoms in total. The molecule has 0 fully saturated rings. The van der Waals surface area contributed by atoms with Gasteiger partial charge in [-0.15, -0.1) is 16.4 Å². The molecule has 0 bridgehead atoms. The van der Waals surface area contributed by atoms with E-state index >= 15 is 0 Å². The molecular formula is C20H12N4OS2. The monoisotopic (exact) mass is 388 g/mol. The first-order valence-corrected chi connectivity index (χ1v) is 9.95. The van der Waals surface area contributed by atoms with Crippen molar-refractivity contribution in [3.63, 3.8) is 0 Å². The van der Waals surface area contributed by atoms with Crippen LogP contribution in [0, 0.1) is 0 Å². The molecule has 27 heavy (non-hydrogen) atoms. The first kappa shape index (κ1) is 16.0. The molecule has 0 aliphatic carbocycles. The lowest BCUT2D eigenvalue weighted by atomic mass is 10.1. The van der Waals surface area contributed by atoms with Crippen LogP contribution in [0.25, 0.3) is 44.0 Å². The second-order valence-electron chi connectivity index (χ2n) is 6.00. The molecule has 0 saturated heterocycles. The summed E-state index contributed by atoms with van der Waals surface area (Å²) in [6.07, 6.45) is 0. The molecule has 0 aliphatic rings. The molecule has 0 unspecified atom stereocenters. The molecule has 0 atom stereocenters. The van der Waals surface area contributed by atoms with Crippen LogP contribution in [0.4, 0.5) is 0 Å². The SMILES string of the molecule is O=c1[nH]c2ccccc2cc1-c1csc(-c2ccc(-c3csnn3)cc2)n1. The van der Waals surface area contributed by atoms with E-state index in [0.29, 0.717) is 11.3 Å². The van der Waals surface area contributed by atoms with E-state index in [-0.39, 0.29) is 5.56 Å². The Hall–Kier alpha value is -3.16. The van der Waals surface area contributed by atoms with E-state index in [1.54, 1.807) is 0 Å². The van der Waals surface area contributed by atoms with Crippen molar-refractivity contribution in [3.8, 4) is 33.1 Å². The molecule has 0 amide bonds. The summed E-state index contributed by atoms with van der Waals surface area (Å²) in [5.74, 6) is 0. The summed E-state index contributed by atoms with van der Waals surface area (Å²) in [6.45, 7) is 0. The number of aromatic amines is 1. The van der Waals surface area contributed by atoms with Crippen LogP contribution in [0.2, 0.25) is 0 Å². The number of rotatable bonds is 3. The molecule has 7 heteroatoms. The van der Waals surface area contributed by atoms with Gasteiger partial charge in [-0.25, -0.2) is 4.98 Å². The van der Waals surface area contributed by atoms with Gasteiger partial charge in [0, 0.05) is 27.4 Å². The second-order valence-corrected chi connectivity index (χ2v) is 7.47. The van der Waals surface area contributed by atoms with Gasteiger partial charge in [-0.1, -0.05) is 47.0 Å². The third-order valence-corrected chi connectivity index (χ3v) is 5.72. The number of thiazole rings is 1. The van der Waals surface area contributed by atoms with Crippen LogP contribution >= 0.6 is 22.9 Å². The first-order valence-electron chi connectivity index (χ1n) is 8.24. The van der Waals surface area contributed by atoms with Crippen molar-refractivity contribution in [3.05, 3.63) is 75.7 Å². The zero-order chi connectivity index (χ0) is 18.2. The van der Waals surface area contributed by atoms with Gasteiger partial charge in [-0.3, -0.25) is 4.79 Å². The quantitative estimate of drug-likeness (QED) is 0.480. The third-order valence-electron chi connectivity index (χ3n) is 4.32. The number of benzene rings is 2. The van der Waals surface area contributed by atoms with Gasteiger partial charge in [0.15, 0.2) is 0 Å². The lowest BCUT2D eigenvalue weighted by Crippen LogP contribution is -2.08. The van der Waals surface area contributed by atoms with Crippen LogP contribution in [0.3, 0.4) is 0 Å². The van der Waals surface area contributed by atoms with Crippen molar-refractivity contribution in [2.75, 3.05) is 0 Å². The van der Waals surface area contributed by atoms with Gasteiger partial charge in [-0.05, 0) is 29.1 Å². The van der Waals surface area contributed by atoms with Crippen molar-refractivity contribution < 1.29 is 0 Å². The predicted octanol–water partition coefficient (Wildman–Crippen LogP) is 4.84. The van der Waals surface area contributed by atoms with Gasteiger partial charge in [0.2, 0.25) is 0 Å². The lowest BCUT2D eigenvalue weighted by molar-refractivity contribution is 1.16. The summed E-state index contributed by atoms with van der Waals surface area (Å²) in [7, 11) is 0. The molecule has 1 N–H and O–H groups in total. The molecule has 3 heterocycles. The summed E-state index contributed by atoms with van der Waals surface area (Å²) in [5, 5.41) is 9.79. The molecule has 0 saturated carbocycles. The smallest absolute Gasteiger partial charge is 0.257 e. The van der Waals surface area contributed by atoms with Crippen molar-refractivity contribution in [2.24, 2.45) is 0 Å². The number of para-hydroxylation sites is 1. The highest BCUT2D eigenvalue weighted by Gasteiger charge is 2.11. The second kappa shape index (κ2) is 6.53. The highest BCUT2D eigenvalue weighted by atomic mass is 32.1. The van der Waals surface area contributed by atoms with Gasteiger partial charge in [-0.2, -0.15) is 0 Å². The summed E-state index contributed by atoms with van der Waals surface area (Å²) < 4.78 is 3.89. The van der Waals surface area contributed by atoms with Crippen LogP contribution in [0.15, 0.2) is 70.2 Å². The zero-order valence-corrected chi connectivity index (χ0v) is 15.6. The maximum atomic E-state index is 12.5. The van der Waals surface area contributed by atoms with Gasteiger partial charge in [0.25, 0.3) is 5.56 Å². The Labute approximate surface area is 162 Å². The number of H-pyrrole nitrogens is 1.